The number of hydrogen-bond donors (Lipinski definition) is 0. The van der Waals surface area contributed by atoms with E-state index in [1.54, 1.807) is 7.11 Å². The number of carbonyl (C=O) groups is 1. The van der Waals surface area contributed by atoms with Gasteiger partial charge < -0.3 is 4.74 Å². The van der Waals surface area contributed by atoms with Crippen LogP contribution in [0, 0.1) is 19.8 Å². The zero-order chi connectivity index (χ0) is 13.7. The number of aryl methyl sites for hydroxylation is 3. The highest BCUT2D eigenvalue weighted by Gasteiger charge is 2.08. The minimum atomic E-state index is 0.156. The second-order valence-corrected chi connectivity index (χ2v) is 5.22. The number of rotatable bonds is 6. The third-order valence-corrected chi connectivity index (χ3v) is 3.37. The van der Waals surface area contributed by atoms with Crippen molar-refractivity contribution in [3.05, 3.63) is 28.8 Å². The van der Waals surface area contributed by atoms with Crippen LogP contribution in [0.15, 0.2) is 12.1 Å². The summed E-state index contributed by atoms with van der Waals surface area (Å²) in [6.07, 6.45) is 2.58. The average Bonchev–Trinajstić information content (AvgIpc) is 2.32. The maximum Gasteiger partial charge on any atom is 0.135 e. The van der Waals surface area contributed by atoms with E-state index in [9.17, 15) is 4.79 Å². The first-order chi connectivity index (χ1) is 8.45. The molecule has 0 aromatic heterocycles. The molecule has 0 heterocycles. The summed E-state index contributed by atoms with van der Waals surface area (Å²) in [6.45, 7) is 8.08. The molecule has 18 heavy (non-hydrogen) atoms. The van der Waals surface area contributed by atoms with E-state index in [1.165, 1.54) is 11.1 Å². The predicted octanol–water partition coefficient (Wildman–Crippen LogP) is 3.86. The predicted molar refractivity (Wildman–Crippen MR) is 75.3 cm³/mol. The smallest absolute Gasteiger partial charge is 0.135 e. The Hall–Kier alpha value is -1.31. The van der Waals surface area contributed by atoms with Crippen LogP contribution in [-0.2, 0) is 11.2 Å². The van der Waals surface area contributed by atoms with Crippen LogP contribution in [0.3, 0.4) is 0 Å². The Morgan fingerprint density at radius 2 is 1.89 bits per heavy atom. The molecule has 100 valence electrons. The first-order valence-corrected chi connectivity index (χ1v) is 6.62. The lowest BCUT2D eigenvalue weighted by molar-refractivity contribution is -0.121. The van der Waals surface area contributed by atoms with Gasteiger partial charge >= 0.3 is 0 Å². The topological polar surface area (TPSA) is 26.3 Å². The maximum absolute atomic E-state index is 11.6. The standard InChI is InChI=1S/C16H24O2/c1-11(2)15(17)8-6-7-14-9-13(4)16(18-5)10-12(14)3/h9-11H,6-8H2,1-5H3. The van der Waals surface area contributed by atoms with Crippen molar-refractivity contribution in [1.82, 2.24) is 0 Å². The van der Waals surface area contributed by atoms with Crippen molar-refractivity contribution in [2.75, 3.05) is 7.11 Å². The Labute approximate surface area is 110 Å². The quantitative estimate of drug-likeness (QED) is 0.764. The Morgan fingerprint density at radius 3 is 2.44 bits per heavy atom. The monoisotopic (exact) mass is 248 g/mol. The second kappa shape index (κ2) is 6.58. The number of methoxy groups -OCH3 is 1. The molecule has 2 nitrogen and oxygen atoms in total. The average molecular weight is 248 g/mol. The zero-order valence-corrected chi connectivity index (χ0v) is 12.2. The van der Waals surface area contributed by atoms with Gasteiger partial charge in [0.2, 0.25) is 0 Å². The van der Waals surface area contributed by atoms with E-state index in [-0.39, 0.29) is 5.92 Å². The van der Waals surface area contributed by atoms with Gasteiger partial charge in [0, 0.05) is 12.3 Å². The third kappa shape index (κ3) is 3.86. The number of ketones is 1. The van der Waals surface area contributed by atoms with Crippen LogP contribution in [0.4, 0.5) is 0 Å². The van der Waals surface area contributed by atoms with E-state index >= 15 is 0 Å². The Kier molecular flexibility index (Phi) is 5.39. The van der Waals surface area contributed by atoms with Crippen LogP contribution in [0.5, 0.6) is 5.75 Å². The van der Waals surface area contributed by atoms with Gasteiger partial charge in [-0.15, -0.1) is 0 Å². The highest BCUT2D eigenvalue weighted by molar-refractivity contribution is 5.80. The lowest BCUT2D eigenvalue weighted by Crippen LogP contribution is -2.07. The van der Waals surface area contributed by atoms with Crippen molar-refractivity contribution >= 4 is 5.78 Å². The summed E-state index contributed by atoms with van der Waals surface area (Å²) in [5, 5.41) is 0. The largest absolute Gasteiger partial charge is 0.496 e. The van der Waals surface area contributed by atoms with Crippen molar-refractivity contribution in [2.24, 2.45) is 5.92 Å². The van der Waals surface area contributed by atoms with Gasteiger partial charge in [-0.2, -0.15) is 0 Å². The summed E-state index contributed by atoms with van der Waals surface area (Å²) in [4.78, 5) is 11.6. The molecule has 0 atom stereocenters. The minimum absolute atomic E-state index is 0.156. The summed E-state index contributed by atoms with van der Waals surface area (Å²) in [6, 6.07) is 4.25. The molecule has 0 aliphatic carbocycles. The molecular formula is C16H24O2. The van der Waals surface area contributed by atoms with Crippen molar-refractivity contribution in [3.8, 4) is 5.75 Å². The molecule has 0 saturated heterocycles. The lowest BCUT2D eigenvalue weighted by Gasteiger charge is -2.11. The molecule has 0 amide bonds. The summed E-state index contributed by atoms with van der Waals surface area (Å²) >= 11 is 0. The van der Waals surface area contributed by atoms with Gasteiger partial charge in [-0.05, 0) is 49.4 Å². The van der Waals surface area contributed by atoms with E-state index < -0.39 is 0 Å². The van der Waals surface area contributed by atoms with Crippen LogP contribution >= 0.6 is 0 Å². The van der Waals surface area contributed by atoms with E-state index in [1.807, 2.05) is 13.8 Å². The van der Waals surface area contributed by atoms with E-state index in [0.717, 1.165) is 24.2 Å². The van der Waals surface area contributed by atoms with E-state index in [0.29, 0.717) is 12.2 Å². The highest BCUT2D eigenvalue weighted by Crippen LogP contribution is 2.23. The molecule has 0 spiro atoms. The molecule has 0 radical (unpaired) electrons. The van der Waals surface area contributed by atoms with E-state index in [2.05, 4.69) is 26.0 Å². The summed E-state index contributed by atoms with van der Waals surface area (Å²) < 4.78 is 5.30. The molecule has 0 unspecified atom stereocenters. The Morgan fingerprint density at radius 1 is 1.22 bits per heavy atom. The van der Waals surface area contributed by atoms with Crippen molar-refractivity contribution in [2.45, 2.75) is 47.0 Å². The van der Waals surface area contributed by atoms with Gasteiger partial charge in [0.1, 0.15) is 11.5 Å². The maximum atomic E-state index is 11.6. The van der Waals surface area contributed by atoms with Crippen LogP contribution in [-0.4, -0.2) is 12.9 Å². The third-order valence-electron chi connectivity index (χ3n) is 3.37. The number of hydrogen-bond acceptors (Lipinski definition) is 2. The fourth-order valence-electron chi connectivity index (χ4n) is 2.08. The van der Waals surface area contributed by atoms with Crippen LogP contribution in [0.2, 0.25) is 0 Å². The Bertz CT molecular complexity index is 419. The molecule has 1 rings (SSSR count). The van der Waals surface area contributed by atoms with Crippen molar-refractivity contribution in [1.29, 1.82) is 0 Å². The van der Waals surface area contributed by atoms with Crippen molar-refractivity contribution < 1.29 is 9.53 Å². The fourth-order valence-corrected chi connectivity index (χ4v) is 2.08. The number of ether oxygens (including phenoxy) is 1. The molecule has 0 aliphatic rings. The molecule has 0 bridgehead atoms. The van der Waals surface area contributed by atoms with Gasteiger partial charge in [-0.25, -0.2) is 0 Å². The van der Waals surface area contributed by atoms with Crippen molar-refractivity contribution in [3.63, 3.8) is 0 Å². The number of carbonyl (C=O) groups excluding carboxylic acids is 1. The lowest BCUT2D eigenvalue weighted by atomic mass is 9.97. The molecule has 2 heteroatoms. The summed E-state index contributed by atoms with van der Waals surface area (Å²) in [7, 11) is 1.70. The molecular weight excluding hydrogens is 224 g/mol. The molecule has 1 aromatic carbocycles. The van der Waals surface area contributed by atoms with Crippen LogP contribution in [0.25, 0.3) is 0 Å². The number of benzene rings is 1. The van der Waals surface area contributed by atoms with Crippen LogP contribution < -0.4 is 4.74 Å². The summed E-state index contributed by atoms with van der Waals surface area (Å²) in [5.41, 5.74) is 3.73. The Balaban J connectivity index is 2.63. The zero-order valence-electron chi connectivity index (χ0n) is 12.2. The van der Waals surface area contributed by atoms with Gasteiger partial charge in [0.05, 0.1) is 7.11 Å². The molecule has 0 N–H and O–H groups in total. The fraction of sp³-hybridized carbons (Fsp3) is 0.562. The molecule has 0 aliphatic heterocycles. The number of Topliss-reactive ketones (excluding diaryl/α,β-unsaturated/α-hetero) is 1. The van der Waals surface area contributed by atoms with Gasteiger partial charge in [-0.3, -0.25) is 4.79 Å². The first kappa shape index (κ1) is 14.7. The van der Waals surface area contributed by atoms with Gasteiger partial charge in [0.15, 0.2) is 0 Å². The SMILES string of the molecule is COc1cc(C)c(CCCC(=O)C(C)C)cc1C. The summed E-state index contributed by atoms with van der Waals surface area (Å²) in [5.74, 6) is 1.45. The highest BCUT2D eigenvalue weighted by atomic mass is 16.5. The molecule has 0 saturated carbocycles. The van der Waals surface area contributed by atoms with Gasteiger partial charge in [-0.1, -0.05) is 19.9 Å². The normalized spacial score (nSPS) is 10.8. The van der Waals surface area contributed by atoms with Crippen LogP contribution in [0.1, 0.15) is 43.4 Å². The molecule has 1 aromatic rings. The van der Waals surface area contributed by atoms with E-state index in [4.69, 9.17) is 4.74 Å². The molecule has 0 fully saturated rings. The minimum Gasteiger partial charge on any atom is -0.496 e. The second-order valence-electron chi connectivity index (χ2n) is 5.22. The van der Waals surface area contributed by atoms with Gasteiger partial charge in [0.25, 0.3) is 0 Å². The first-order valence-electron chi connectivity index (χ1n) is 6.62.